The maximum absolute atomic E-state index is 9.08. The number of hydrogen-bond acceptors (Lipinski definition) is 3. The molecule has 2 heterocycles. The van der Waals surface area contributed by atoms with Gasteiger partial charge in [-0.25, -0.2) is 0 Å². The van der Waals surface area contributed by atoms with Crippen molar-refractivity contribution in [3.05, 3.63) is 17.5 Å². The Kier molecular flexibility index (Phi) is 3.96. The van der Waals surface area contributed by atoms with Crippen LogP contribution in [-0.4, -0.2) is 39.4 Å². The van der Waals surface area contributed by atoms with E-state index in [1.807, 2.05) is 13.1 Å². The Balaban J connectivity index is 1.83. The van der Waals surface area contributed by atoms with Gasteiger partial charge >= 0.3 is 0 Å². The van der Waals surface area contributed by atoms with Crippen molar-refractivity contribution in [3.63, 3.8) is 0 Å². The Morgan fingerprint density at radius 2 is 2.06 bits per heavy atom. The molecule has 4 heteroatoms. The fourth-order valence-corrected chi connectivity index (χ4v) is 2.30. The second kappa shape index (κ2) is 5.46. The van der Waals surface area contributed by atoms with E-state index in [0.29, 0.717) is 0 Å². The van der Waals surface area contributed by atoms with E-state index < -0.39 is 0 Å². The van der Waals surface area contributed by atoms with E-state index in [1.165, 1.54) is 32.4 Å². The van der Waals surface area contributed by atoms with Gasteiger partial charge in [0.25, 0.3) is 0 Å². The van der Waals surface area contributed by atoms with Crippen LogP contribution in [0.15, 0.2) is 6.07 Å². The first-order valence-electron chi connectivity index (χ1n) is 6.14. The lowest BCUT2D eigenvalue weighted by Crippen LogP contribution is -2.31. The summed E-state index contributed by atoms with van der Waals surface area (Å²) in [6.45, 7) is 3.65. The van der Waals surface area contributed by atoms with E-state index >= 15 is 0 Å². The third-order valence-corrected chi connectivity index (χ3v) is 3.32. The molecule has 0 aromatic carbocycles. The van der Waals surface area contributed by atoms with Crippen LogP contribution in [0, 0.1) is 0 Å². The summed E-state index contributed by atoms with van der Waals surface area (Å²) in [5.74, 6) is 0. The monoisotopic (exact) mass is 223 g/mol. The summed E-state index contributed by atoms with van der Waals surface area (Å²) in [6, 6.07) is 2.00. The lowest BCUT2D eigenvalue weighted by molar-refractivity contribution is 0.231. The van der Waals surface area contributed by atoms with Gasteiger partial charge in [-0.15, -0.1) is 0 Å². The molecule has 1 aromatic heterocycles. The Bertz CT molecular complexity index is 329. The van der Waals surface area contributed by atoms with Gasteiger partial charge < -0.3 is 10.0 Å². The van der Waals surface area contributed by atoms with Crippen LogP contribution in [0.2, 0.25) is 0 Å². The molecule has 1 aliphatic rings. The topological polar surface area (TPSA) is 41.3 Å². The molecule has 90 valence electrons. The molecule has 0 spiro atoms. The number of hydrogen-bond donors (Lipinski definition) is 1. The van der Waals surface area contributed by atoms with Crippen LogP contribution in [-0.2, 0) is 20.1 Å². The summed E-state index contributed by atoms with van der Waals surface area (Å²) in [5.41, 5.74) is 1.99. The average molecular weight is 223 g/mol. The highest BCUT2D eigenvalue weighted by Crippen LogP contribution is 2.10. The number of aryl methyl sites for hydroxylation is 1. The summed E-state index contributed by atoms with van der Waals surface area (Å²) < 4.78 is 1.77. The molecular formula is C12H21N3O. The zero-order chi connectivity index (χ0) is 11.4. The highest BCUT2D eigenvalue weighted by Gasteiger charge is 2.11. The first kappa shape index (κ1) is 11.6. The van der Waals surface area contributed by atoms with Crippen molar-refractivity contribution in [1.29, 1.82) is 0 Å². The summed E-state index contributed by atoms with van der Waals surface area (Å²) in [6.07, 6.45) is 5.05. The fourth-order valence-electron chi connectivity index (χ4n) is 2.30. The molecule has 1 saturated heterocycles. The number of piperidine rings is 1. The molecule has 1 aromatic rings. The van der Waals surface area contributed by atoms with Crippen molar-refractivity contribution in [2.24, 2.45) is 7.05 Å². The number of aliphatic hydroxyl groups excluding tert-OH is 1. The van der Waals surface area contributed by atoms with Crippen molar-refractivity contribution in [1.82, 2.24) is 14.7 Å². The second-order valence-electron chi connectivity index (χ2n) is 4.56. The maximum Gasteiger partial charge on any atom is 0.0849 e. The lowest BCUT2D eigenvalue weighted by Gasteiger charge is -2.25. The van der Waals surface area contributed by atoms with E-state index in [-0.39, 0.29) is 6.61 Å². The van der Waals surface area contributed by atoms with Gasteiger partial charge in [-0.2, -0.15) is 5.10 Å². The minimum absolute atomic E-state index is 0.0766. The summed E-state index contributed by atoms with van der Waals surface area (Å²) in [5, 5.41) is 13.5. The van der Waals surface area contributed by atoms with Gasteiger partial charge in [0, 0.05) is 20.0 Å². The molecule has 0 atom stereocenters. The lowest BCUT2D eigenvalue weighted by atomic mass is 10.1. The molecule has 2 rings (SSSR count). The molecular weight excluding hydrogens is 202 g/mol. The van der Waals surface area contributed by atoms with Gasteiger partial charge in [-0.05, 0) is 32.0 Å². The van der Waals surface area contributed by atoms with Crippen molar-refractivity contribution >= 4 is 0 Å². The zero-order valence-electron chi connectivity index (χ0n) is 10.0. The highest BCUT2D eigenvalue weighted by molar-refractivity contribution is 5.09. The second-order valence-corrected chi connectivity index (χ2v) is 4.56. The Labute approximate surface area is 96.9 Å². The van der Waals surface area contributed by atoms with Gasteiger partial charge in [0.2, 0.25) is 0 Å². The van der Waals surface area contributed by atoms with E-state index in [1.54, 1.807) is 4.68 Å². The van der Waals surface area contributed by atoms with Crippen LogP contribution in [0.1, 0.15) is 30.7 Å². The SMILES string of the molecule is Cn1nc(CCN2CCCCC2)cc1CO. The molecule has 16 heavy (non-hydrogen) atoms. The first-order chi connectivity index (χ1) is 7.79. The van der Waals surface area contributed by atoms with Crippen LogP contribution in [0.3, 0.4) is 0 Å². The summed E-state index contributed by atoms with van der Waals surface area (Å²) in [4.78, 5) is 2.51. The summed E-state index contributed by atoms with van der Waals surface area (Å²) in [7, 11) is 1.88. The van der Waals surface area contributed by atoms with Crippen LogP contribution in [0.25, 0.3) is 0 Å². The smallest absolute Gasteiger partial charge is 0.0849 e. The molecule has 0 unspecified atom stereocenters. The highest BCUT2D eigenvalue weighted by atomic mass is 16.3. The van der Waals surface area contributed by atoms with Crippen LogP contribution in [0.5, 0.6) is 0 Å². The number of aliphatic hydroxyl groups is 1. The van der Waals surface area contributed by atoms with Crippen molar-refractivity contribution in [3.8, 4) is 0 Å². The number of rotatable bonds is 4. The van der Waals surface area contributed by atoms with Gasteiger partial charge in [0.05, 0.1) is 18.0 Å². The molecule has 1 N–H and O–H groups in total. The van der Waals surface area contributed by atoms with Crippen LogP contribution in [0.4, 0.5) is 0 Å². The maximum atomic E-state index is 9.08. The molecule has 1 aliphatic heterocycles. The molecule has 0 radical (unpaired) electrons. The van der Waals surface area contributed by atoms with Crippen molar-refractivity contribution in [2.45, 2.75) is 32.3 Å². The predicted molar refractivity (Wildman–Crippen MR) is 63.1 cm³/mol. The van der Waals surface area contributed by atoms with E-state index in [4.69, 9.17) is 5.11 Å². The van der Waals surface area contributed by atoms with E-state index in [0.717, 1.165) is 24.4 Å². The first-order valence-corrected chi connectivity index (χ1v) is 6.14. The molecule has 0 saturated carbocycles. The number of aromatic nitrogens is 2. The number of nitrogens with zero attached hydrogens (tertiary/aromatic N) is 3. The molecule has 0 amide bonds. The quantitative estimate of drug-likeness (QED) is 0.826. The van der Waals surface area contributed by atoms with Crippen molar-refractivity contribution in [2.75, 3.05) is 19.6 Å². The van der Waals surface area contributed by atoms with Gasteiger partial charge in [-0.3, -0.25) is 4.68 Å². The normalized spacial score (nSPS) is 17.9. The Hall–Kier alpha value is -0.870. The predicted octanol–water partition coefficient (Wildman–Crippen LogP) is 0.941. The Morgan fingerprint density at radius 1 is 1.31 bits per heavy atom. The van der Waals surface area contributed by atoms with Gasteiger partial charge in [0.1, 0.15) is 0 Å². The van der Waals surface area contributed by atoms with Crippen LogP contribution >= 0.6 is 0 Å². The van der Waals surface area contributed by atoms with Gasteiger partial charge in [0.15, 0.2) is 0 Å². The standard InChI is InChI=1S/C12H21N3O/c1-14-12(10-16)9-11(13-14)5-8-15-6-3-2-4-7-15/h9,16H,2-8,10H2,1H3. The Morgan fingerprint density at radius 3 is 2.69 bits per heavy atom. The van der Waals surface area contributed by atoms with Crippen LogP contribution < -0.4 is 0 Å². The minimum atomic E-state index is 0.0766. The van der Waals surface area contributed by atoms with E-state index in [2.05, 4.69) is 10.00 Å². The molecule has 1 fully saturated rings. The van der Waals surface area contributed by atoms with E-state index in [9.17, 15) is 0 Å². The van der Waals surface area contributed by atoms with Gasteiger partial charge in [-0.1, -0.05) is 6.42 Å². The molecule has 0 aliphatic carbocycles. The molecule has 4 nitrogen and oxygen atoms in total. The summed E-state index contributed by atoms with van der Waals surface area (Å²) >= 11 is 0. The fraction of sp³-hybridized carbons (Fsp3) is 0.750. The average Bonchev–Trinajstić information content (AvgIpc) is 2.69. The number of likely N-dealkylation sites (tertiary alicyclic amines) is 1. The molecule has 0 bridgehead atoms. The minimum Gasteiger partial charge on any atom is -0.390 e. The largest absolute Gasteiger partial charge is 0.390 e. The zero-order valence-corrected chi connectivity index (χ0v) is 10.0. The third-order valence-electron chi connectivity index (χ3n) is 3.32. The third kappa shape index (κ3) is 2.83. The van der Waals surface area contributed by atoms with Crippen molar-refractivity contribution < 1.29 is 5.11 Å².